The Hall–Kier alpha value is -0.610. The zero-order valence-corrected chi connectivity index (χ0v) is 10.2. The average Bonchev–Trinajstić information content (AvgIpc) is 2.08. The highest BCUT2D eigenvalue weighted by Gasteiger charge is 2.06. The molecule has 1 aromatic carbocycles. The molecule has 0 saturated carbocycles. The van der Waals surface area contributed by atoms with Gasteiger partial charge in [-0.15, -0.1) is 0 Å². The summed E-state index contributed by atoms with van der Waals surface area (Å²) in [6, 6.07) is 2.95. The minimum Gasteiger partial charge on any atom is -0.382 e. The third-order valence-electron chi connectivity index (χ3n) is 1.94. The molecule has 1 N–H and O–H groups in total. The van der Waals surface area contributed by atoms with E-state index in [1.165, 1.54) is 6.07 Å². The molecule has 0 aromatic heterocycles. The van der Waals surface area contributed by atoms with Crippen molar-refractivity contribution in [3.63, 3.8) is 0 Å². The zero-order chi connectivity index (χ0) is 11.4. The highest BCUT2D eigenvalue weighted by atomic mass is 35.5. The molecule has 15 heavy (non-hydrogen) atoms. The van der Waals surface area contributed by atoms with Gasteiger partial charge in [0, 0.05) is 34.4 Å². The van der Waals surface area contributed by atoms with Crippen LogP contribution in [-0.2, 0) is 10.8 Å². The maximum atomic E-state index is 13.4. The standard InChI is InChI=1S/C10H13ClFNOS/c1-7-5-8(11)6-9(12)10(7)13-3-4-15(2)14/h5-6,13H,3-4H2,1-2H3. The summed E-state index contributed by atoms with van der Waals surface area (Å²) in [5.41, 5.74) is 1.19. The van der Waals surface area contributed by atoms with Gasteiger partial charge in [-0.05, 0) is 24.6 Å². The molecule has 0 fully saturated rings. The van der Waals surface area contributed by atoms with Crippen molar-refractivity contribution < 1.29 is 8.60 Å². The quantitative estimate of drug-likeness (QED) is 0.889. The van der Waals surface area contributed by atoms with Gasteiger partial charge in [0.05, 0.1) is 5.69 Å². The normalized spacial score (nSPS) is 12.5. The van der Waals surface area contributed by atoms with Gasteiger partial charge in [0.1, 0.15) is 5.82 Å². The van der Waals surface area contributed by atoms with Crippen LogP contribution in [0.2, 0.25) is 5.02 Å². The van der Waals surface area contributed by atoms with Gasteiger partial charge in [-0.3, -0.25) is 4.21 Å². The molecule has 0 saturated heterocycles. The summed E-state index contributed by atoms with van der Waals surface area (Å²) < 4.78 is 24.2. The van der Waals surface area contributed by atoms with Gasteiger partial charge in [0.15, 0.2) is 0 Å². The summed E-state index contributed by atoms with van der Waals surface area (Å²) in [5, 5.41) is 3.30. The van der Waals surface area contributed by atoms with Gasteiger partial charge < -0.3 is 5.32 Å². The molecule has 0 spiro atoms. The number of anilines is 1. The van der Waals surface area contributed by atoms with E-state index < -0.39 is 10.8 Å². The maximum absolute atomic E-state index is 13.4. The van der Waals surface area contributed by atoms with Crippen molar-refractivity contribution in [2.75, 3.05) is 23.9 Å². The molecule has 0 bridgehead atoms. The first-order valence-electron chi connectivity index (χ1n) is 4.50. The summed E-state index contributed by atoms with van der Waals surface area (Å²) in [5.74, 6) is 0.128. The number of benzene rings is 1. The monoisotopic (exact) mass is 249 g/mol. The second-order valence-corrected chi connectivity index (χ2v) is 5.27. The van der Waals surface area contributed by atoms with Crippen LogP contribution in [0.4, 0.5) is 10.1 Å². The molecular formula is C10H13ClFNOS. The molecule has 1 atom stereocenters. The first kappa shape index (κ1) is 12.5. The second-order valence-electron chi connectivity index (χ2n) is 3.28. The van der Waals surface area contributed by atoms with E-state index in [0.717, 1.165) is 5.56 Å². The van der Waals surface area contributed by atoms with Crippen LogP contribution >= 0.6 is 11.6 Å². The fourth-order valence-corrected chi connectivity index (χ4v) is 1.89. The van der Waals surface area contributed by atoms with E-state index >= 15 is 0 Å². The molecule has 0 radical (unpaired) electrons. The minimum absolute atomic E-state index is 0.373. The molecule has 2 nitrogen and oxygen atoms in total. The summed E-state index contributed by atoms with van der Waals surface area (Å²) in [6.07, 6.45) is 1.62. The Balaban J connectivity index is 2.72. The van der Waals surface area contributed by atoms with Crippen LogP contribution in [-0.4, -0.2) is 22.8 Å². The first-order chi connectivity index (χ1) is 7.00. The van der Waals surface area contributed by atoms with Crippen molar-refractivity contribution in [3.8, 4) is 0 Å². The lowest BCUT2D eigenvalue weighted by Gasteiger charge is -2.10. The number of rotatable bonds is 4. The fourth-order valence-electron chi connectivity index (χ4n) is 1.25. The van der Waals surface area contributed by atoms with Crippen LogP contribution in [0, 0.1) is 12.7 Å². The molecule has 0 aliphatic rings. The van der Waals surface area contributed by atoms with Crippen molar-refractivity contribution in [2.24, 2.45) is 0 Å². The van der Waals surface area contributed by atoms with Gasteiger partial charge >= 0.3 is 0 Å². The van der Waals surface area contributed by atoms with E-state index in [0.29, 0.717) is 23.0 Å². The number of hydrogen-bond acceptors (Lipinski definition) is 2. The lowest BCUT2D eigenvalue weighted by atomic mass is 10.2. The molecule has 1 rings (SSSR count). The van der Waals surface area contributed by atoms with Crippen LogP contribution in [0.3, 0.4) is 0 Å². The van der Waals surface area contributed by atoms with Gasteiger partial charge in [0.25, 0.3) is 0 Å². The predicted molar refractivity (Wildman–Crippen MR) is 63.6 cm³/mol. The van der Waals surface area contributed by atoms with Gasteiger partial charge in [-0.2, -0.15) is 0 Å². The van der Waals surface area contributed by atoms with Gasteiger partial charge in [0.2, 0.25) is 0 Å². The van der Waals surface area contributed by atoms with E-state index in [2.05, 4.69) is 5.32 Å². The van der Waals surface area contributed by atoms with Gasteiger partial charge in [-0.1, -0.05) is 11.6 Å². The number of hydrogen-bond donors (Lipinski definition) is 1. The van der Waals surface area contributed by atoms with E-state index in [1.54, 1.807) is 19.2 Å². The molecule has 1 unspecified atom stereocenters. The summed E-state index contributed by atoms with van der Waals surface area (Å²) in [4.78, 5) is 0. The van der Waals surface area contributed by atoms with Crippen molar-refractivity contribution in [3.05, 3.63) is 28.5 Å². The van der Waals surface area contributed by atoms with Crippen molar-refractivity contribution in [1.29, 1.82) is 0 Å². The second kappa shape index (κ2) is 5.47. The van der Waals surface area contributed by atoms with E-state index in [9.17, 15) is 8.60 Å². The highest BCUT2D eigenvalue weighted by Crippen LogP contribution is 2.23. The molecular weight excluding hydrogens is 237 g/mol. The Labute approximate surface area is 96.3 Å². The topological polar surface area (TPSA) is 29.1 Å². The van der Waals surface area contributed by atoms with Crippen LogP contribution in [0.25, 0.3) is 0 Å². The average molecular weight is 250 g/mol. The molecule has 0 aliphatic heterocycles. The SMILES string of the molecule is Cc1cc(Cl)cc(F)c1NCCS(C)=O. The Bertz CT molecular complexity index is 361. The van der Waals surface area contributed by atoms with E-state index in [1.807, 2.05) is 0 Å². The predicted octanol–water partition coefficient (Wildman–Crippen LogP) is 2.58. The van der Waals surface area contributed by atoms with Crippen molar-refractivity contribution in [2.45, 2.75) is 6.92 Å². The van der Waals surface area contributed by atoms with E-state index in [4.69, 9.17) is 11.6 Å². The Morgan fingerprint density at radius 1 is 1.53 bits per heavy atom. The molecule has 0 heterocycles. The third-order valence-corrected chi connectivity index (χ3v) is 2.94. The van der Waals surface area contributed by atoms with E-state index in [-0.39, 0.29) is 5.82 Å². The van der Waals surface area contributed by atoms with Crippen molar-refractivity contribution in [1.82, 2.24) is 0 Å². The van der Waals surface area contributed by atoms with Crippen LogP contribution in [0.5, 0.6) is 0 Å². The Kier molecular flexibility index (Phi) is 4.54. The van der Waals surface area contributed by atoms with Crippen molar-refractivity contribution >= 4 is 28.1 Å². The van der Waals surface area contributed by atoms with Crippen LogP contribution in [0.15, 0.2) is 12.1 Å². The molecule has 1 aromatic rings. The minimum atomic E-state index is -0.868. The smallest absolute Gasteiger partial charge is 0.148 e. The number of aryl methyl sites for hydroxylation is 1. The molecule has 0 aliphatic carbocycles. The maximum Gasteiger partial charge on any atom is 0.148 e. The highest BCUT2D eigenvalue weighted by molar-refractivity contribution is 7.84. The molecule has 84 valence electrons. The van der Waals surface area contributed by atoms with Crippen LogP contribution < -0.4 is 5.32 Å². The lowest BCUT2D eigenvalue weighted by Crippen LogP contribution is -2.11. The lowest BCUT2D eigenvalue weighted by molar-refractivity contribution is 0.629. The summed E-state index contributed by atoms with van der Waals surface area (Å²) >= 11 is 5.69. The third kappa shape index (κ3) is 3.80. The number of halogens is 2. The number of nitrogens with one attached hydrogen (secondary N) is 1. The fraction of sp³-hybridized carbons (Fsp3) is 0.400. The molecule has 0 amide bonds. The summed E-state index contributed by atoms with van der Waals surface area (Å²) in [7, 11) is -0.868. The Morgan fingerprint density at radius 3 is 2.73 bits per heavy atom. The first-order valence-corrected chi connectivity index (χ1v) is 6.60. The summed E-state index contributed by atoms with van der Waals surface area (Å²) in [6.45, 7) is 2.27. The molecule has 5 heteroatoms. The zero-order valence-electron chi connectivity index (χ0n) is 8.64. The van der Waals surface area contributed by atoms with Crippen LogP contribution in [0.1, 0.15) is 5.56 Å². The van der Waals surface area contributed by atoms with Gasteiger partial charge in [-0.25, -0.2) is 4.39 Å². The Morgan fingerprint density at radius 2 is 2.20 bits per heavy atom. The largest absolute Gasteiger partial charge is 0.382 e.